The van der Waals surface area contributed by atoms with E-state index >= 15 is 0 Å². The molecule has 0 bridgehead atoms. The number of para-hydroxylation sites is 1. The molecular weight excluding hydrogens is 430 g/mol. The summed E-state index contributed by atoms with van der Waals surface area (Å²) in [7, 11) is 0. The molecule has 4 aromatic rings. The summed E-state index contributed by atoms with van der Waals surface area (Å²) < 4.78 is 1.94. The van der Waals surface area contributed by atoms with Crippen LogP contribution in [0, 0.1) is 0 Å². The number of carbonyl (C=O) groups excluding carboxylic acids is 2. The lowest BCUT2D eigenvalue weighted by atomic mass is 10.1. The van der Waals surface area contributed by atoms with Gasteiger partial charge in [0.1, 0.15) is 11.1 Å². The summed E-state index contributed by atoms with van der Waals surface area (Å²) in [4.78, 5) is 25.3. The Balaban J connectivity index is 1.74. The molecule has 2 aromatic heterocycles. The summed E-state index contributed by atoms with van der Waals surface area (Å²) in [5, 5.41) is 12.8. The zero-order valence-electron chi connectivity index (χ0n) is 16.3. The Labute approximate surface area is 187 Å². The Bertz CT molecular complexity index is 1160. The molecule has 156 valence electrons. The first-order chi connectivity index (χ1) is 15.1. The van der Waals surface area contributed by atoms with Crippen LogP contribution in [-0.4, -0.2) is 26.7 Å². The summed E-state index contributed by atoms with van der Waals surface area (Å²) in [5.41, 5.74) is 6.81. The van der Waals surface area contributed by atoms with E-state index in [9.17, 15) is 9.59 Å². The number of nitrogens with zero attached hydrogens (tertiary/aromatic N) is 3. The molecule has 3 N–H and O–H groups in total. The molecule has 0 fully saturated rings. The third-order valence-corrected chi connectivity index (χ3v) is 6.51. The van der Waals surface area contributed by atoms with Gasteiger partial charge in [0.05, 0.1) is 0 Å². The van der Waals surface area contributed by atoms with Crippen molar-refractivity contribution in [2.75, 3.05) is 0 Å². The Morgan fingerprint density at radius 2 is 1.71 bits per heavy atom. The van der Waals surface area contributed by atoms with Gasteiger partial charge in [-0.1, -0.05) is 66.4 Å². The van der Waals surface area contributed by atoms with Crippen molar-refractivity contribution in [1.29, 1.82) is 0 Å². The van der Waals surface area contributed by atoms with E-state index in [-0.39, 0.29) is 0 Å². The third-order valence-electron chi connectivity index (χ3n) is 4.44. The molecule has 0 saturated carbocycles. The number of thioether (sulfide) groups is 1. The molecule has 0 radical (unpaired) electrons. The van der Waals surface area contributed by atoms with Crippen molar-refractivity contribution in [2.24, 2.45) is 5.73 Å². The molecule has 0 spiro atoms. The minimum atomic E-state index is -0.894. The molecule has 3 amide bonds. The van der Waals surface area contributed by atoms with Gasteiger partial charge in [-0.3, -0.25) is 14.7 Å². The van der Waals surface area contributed by atoms with Gasteiger partial charge in [0, 0.05) is 17.0 Å². The van der Waals surface area contributed by atoms with Gasteiger partial charge >= 0.3 is 6.03 Å². The number of carbonyl (C=O) groups is 2. The van der Waals surface area contributed by atoms with Crippen LogP contribution in [0.2, 0.25) is 0 Å². The first kappa shape index (κ1) is 20.8. The van der Waals surface area contributed by atoms with Crippen molar-refractivity contribution in [3.63, 3.8) is 0 Å². The molecule has 0 aliphatic rings. The largest absolute Gasteiger partial charge is 0.351 e. The van der Waals surface area contributed by atoms with Crippen LogP contribution < -0.4 is 11.1 Å². The van der Waals surface area contributed by atoms with Crippen molar-refractivity contribution in [2.45, 2.75) is 16.8 Å². The summed E-state index contributed by atoms with van der Waals surface area (Å²) in [6, 6.07) is 22.1. The van der Waals surface area contributed by atoms with E-state index in [0.717, 1.165) is 22.0 Å². The minimum Gasteiger partial charge on any atom is -0.351 e. The SMILES string of the molecule is NC(=O)NC(=O)C(Sc1nnc(Cc2cccs2)n1-c1ccccc1)c1ccccc1. The zero-order chi connectivity index (χ0) is 21.6. The maximum absolute atomic E-state index is 12.8. The lowest BCUT2D eigenvalue weighted by molar-refractivity contribution is -0.119. The molecule has 0 saturated heterocycles. The Hall–Kier alpha value is -3.43. The van der Waals surface area contributed by atoms with E-state index in [2.05, 4.69) is 21.6 Å². The number of benzene rings is 2. The van der Waals surface area contributed by atoms with Gasteiger partial charge in [-0.2, -0.15) is 0 Å². The Kier molecular flexibility index (Phi) is 6.44. The quantitative estimate of drug-likeness (QED) is 0.416. The van der Waals surface area contributed by atoms with Crippen molar-refractivity contribution in [3.05, 3.63) is 94.4 Å². The highest BCUT2D eigenvalue weighted by molar-refractivity contribution is 8.00. The topological polar surface area (TPSA) is 103 Å². The predicted octanol–water partition coefficient (Wildman–Crippen LogP) is 3.95. The molecule has 9 heteroatoms. The molecule has 2 aromatic carbocycles. The number of urea groups is 1. The average molecular weight is 450 g/mol. The summed E-state index contributed by atoms with van der Waals surface area (Å²) in [5.74, 6) is 0.254. The van der Waals surface area contributed by atoms with Crippen molar-refractivity contribution in [1.82, 2.24) is 20.1 Å². The van der Waals surface area contributed by atoms with Crippen LogP contribution in [0.25, 0.3) is 5.69 Å². The second-order valence-electron chi connectivity index (χ2n) is 6.59. The number of aromatic nitrogens is 3. The van der Waals surface area contributed by atoms with Gasteiger partial charge in [-0.05, 0) is 29.1 Å². The van der Waals surface area contributed by atoms with Gasteiger partial charge in [-0.15, -0.1) is 21.5 Å². The van der Waals surface area contributed by atoms with E-state index in [1.165, 1.54) is 11.8 Å². The lowest BCUT2D eigenvalue weighted by Gasteiger charge is -2.16. The maximum Gasteiger partial charge on any atom is 0.318 e. The summed E-state index contributed by atoms with van der Waals surface area (Å²) in [6.45, 7) is 0. The van der Waals surface area contributed by atoms with Crippen LogP contribution in [0.3, 0.4) is 0 Å². The highest BCUT2D eigenvalue weighted by Crippen LogP contribution is 2.36. The first-order valence-corrected chi connectivity index (χ1v) is 11.2. The minimum absolute atomic E-state index is 0.508. The second kappa shape index (κ2) is 9.59. The molecule has 1 atom stereocenters. The van der Waals surface area contributed by atoms with Crippen molar-refractivity contribution < 1.29 is 9.59 Å². The Morgan fingerprint density at radius 3 is 2.35 bits per heavy atom. The van der Waals surface area contributed by atoms with Crippen LogP contribution >= 0.6 is 23.1 Å². The van der Waals surface area contributed by atoms with Crippen molar-refractivity contribution >= 4 is 35.0 Å². The van der Waals surface area contributed by atoms with Crippen LogP contribution in [0.1, 0.15) is 21.5 Å². The predicted molar refractivity (Wildman–Crippen MR) is 121 cm³/mol. The van der Waals surface area contributed by atoms with Gasteiger partial charge < -0.3 is 5.73 Å². The Morgan fingerprint density at radius 1 is 1.00 bits per heavy atom. The van der Waals surface area contributed by atoms with Gasteiger partial charge in [0.15, 0.2) is 5.16 Å². The number of primary amides is 1. The van der Waals surface area contributed by atoms with Crippen molar-refractivity contribution in [3.8, 4) is 5.69 Å². The maximum atomic E-state index is 12.8. The first-order valence-electron chi connectivity index (χ1n) is 9.46. The highest BCUT2D eigenvalue weighted by atomic mass is 32.2. The number of rotatable bonds is 7. The number of amides is 3. The standard InChI is InChI=1S/C22H19N5O2S2/c23-21(29)24-20(28)19(15-8-3-1-4-9-15)31-22-26-25-18(14-17-12-7-13-30-17)27(22)16-10-5-2-6-11-16/h1-13,19H,14H2,(H3,23,24,28,29). The van der Waals surface area contributed by atoms with E-state index in [1.807, 2.05) is 76.7 Å². The normalized spacial score (nSPS) is 11.7. The van der Waals surface area contributed by atoms with E-state index < -0.39 is 17.2 Å². The number of imide groups is 1. The number of nitrogens with two attached hydrogens (primary N) is 1. The zero-order valence-corrected chi connectivity index (χ0v) is 18.0. The fourth-order valence-electron chi connectivity index (χ4n) is 3.09. The molecule has 4 rings (SSSR count). The average Bonchev–Trinajstić information content (AvgIpc) is 3.43. The number of hydrogen-bond donors (Lipinski definition) is 2. The van der Waals surface area contributed by atoms with Crippen LogP contribution in [0.4, 0.5) is 4.79 Å². The fraction of sp³-hybridized carbons (Fsp3) is 0.0909. The fourth-order valence-corrected chi connectivity index (χ4v) is 4.87. The number of nitrogens with one attached hydrogen (secondary N) is 1. The summed E-state index contributed by atoms with van der Waals surface area (Å²) in [6.07, 6.45) is 0.615. The van der Waals surface area contributed by atoms with E-state index in [1.54, 1.807) is 11.3 Å². The molecule has 0 aliphatic carbocycles. The number of thiophene rings is 1. The molecule has 2 heterocycles. The molecular formula is C22H19N5O2S2. The van der Waals surface area contributed by atoms with Crippen LogP contribution in [0.5, 0.6) is 0 Å². The van der Waals surface area contributed by atoms with Gasteiger partial charge in [0.25, 0.3) is 0 Å². The second-order valence-corrected chi connectivity index (χ2v) is 8.69. The number of hydrogen-bond acceptors (Lipinski definition) is 6. The molecule has 31 heavy (non-hydrogen) atoms. The smallest absolute Gasteiger partial charge is 0.318 e. The highest BCUT2D eigenvalue weighted by Gasteiger charge is 2.27. The van der Waals surface area contributed by atoms with Crippen LogP contribution in [0.15, 0.2) is 83.3 Å². The lowest BCUT2D eigenvalue weighted by Crippen LogP contribution is -2.37. The monoisotopic (exact) mass is 449 g/mol. The molecule has 0 aliphatic heterocycles. The van der Waals surface area contributed by atoms with E-state index in [4.69, 9.17) is 5.73 Å². The summed E-state index contributed by atoms with van der Waals surface area (Å²) >= 11 is 2.87. The van der Waals surface area contributed by atoms with E-state index in [0.29, 0.717) is 11.6 Å². The third kappa shape index (κ3) is 5.01. The van der Waals surface area contributed by atoms with Crippen LogP contribution in [-0.2, 0) is 11.2 Å². The molecule has 1 unspecified atom stereocenters. The molecule has 7 nitrogen and oxygen atoms in total. The van der Waals surface area contributed by atoms with Gasteiger partial charge in [-0.25, -0.2) is 4.79 Å². The van der Waals surface area contributed by atoms with Gasteiger partial charge in [0.2, 0.25) is 5.91 Å².